The van der Waals surface area contributed by atoms with Gasteiger partial charge in [-0.3, -0.25) is 4.79 Å². The molecule has 0 atom stereocenters. The van der Waals surface area contributed by atoms with E-state index in [1.807, 2.05) is 0 Å². The molecule has 3 saturated carbocycles. The monoisotopic (exact) mass is 352 g/mol. The summed E-state index contributed by atoms with van der Waals surface area (Å²) in [5.74, 6) is 2.01. The van der Waals surface area contributed by atoms with E-state index in [1.54, 1.807) is 5.56 Å². The number of carbonyl (C=O) groups excluding carboxylic acids is 1. The van der Waals surface area contributed by atoms with Crippen molar-refractivity contribution in [2.45, 2.75) is 114 Å². The van der Waals surface area contributed by atoms with Crippen molar-refractivity contribution in [3.63, 3.8) is 0 Å². The normalized spacial score (nSPS) is 23.8. The molecule has 0 aromatic heterocycles. The average molecular weight is 353 g/mol. The molecule has 1 aromatic rings. The number of benzene rings is 1. The smallest absolute Gasteiger partial charge is 0.150 e. The summed E-state index contributed by atoms with van der Waals surface area (Å²) >= 11 is 0. The molecule has 0 radical (unpaired) electrons. The van der Waals surface area contributed by atoms with Crippen LogP contribution in [-0.2, 0) is 0 Å². The number of rotatable bonds is 4. The topological polar surface area (TPSA) is 17.1 Å². The summed E-state index contributed by atoms with van der Waals surface area (Å²) in [6, 6.07) is 4.98. The fraction of sp³-hybridized carbons (Fsp3) is 0.720. The molecule has 4 rings (SSSR count). The van der Waals surface area contributed by atoms with Crippen molar-refractivity contribution in [1.29, 1.82) is 0 Å². The lowest BCUT2D eigenvalue weighted by Crippen LogP contribution is -2.15. The summed E-state index contributed by atoms with van der Waals surface area (Å²) < 4.78 is 0. The van der Waals surface area contributed by atoms with Crippen molar-refractivity contribution >= 4 is 6.29 Å². The number of hydrogen-bond acceptors (Lipinski definition) is 1. The van der Waals surface area contributed by atoms with Crippen LogP contribution in [0.2, 0.25) is 0 Å². The van der Waals surface area contributed by atoms with E-state index in [4.69, 9.17) is 0 Å². The Morgan fingerprint density at radius 1 is 0.577 bits per heavy atom. The van der Waals surface area contributed by atoms with Crippen molar-refractivity contribution in [2.75, 3.05) is 0 Å². The van der Waals surface area contributed by atoms with Crippen molar-refractivity contribution in [2.24, 2.45) is 0 Å². The summed E-state index contributed by atoms with van der Waals surface area (Å²) in [6.45, 7) is 0. The maximum atomic E-state index is 12.2. The number of hydrogen-bond donors (Lipinski definition) is 0. The Balaban J connectivity index is 1.75. The van der Waals surface area contributed by atoms with Gasteiger partial charge >= 0.3 is 0 Å². The minimum Gasteiger partial charge on any atom is -0.298 e. The van der Waals surface area contributed by atoms with Crippen LogP contribution in [0.3, 0.4) is 0 Å². The first-order valence-electron chi connectivity index (χ1n) is 11.5. The average Bonchev–Trinajstić information content (AvgIpc) is 2.74. The van der Waals surface area contributed by atoms with Crippen molar-refractivity contribution < 1.29 is 4.79 Å². The molecule has 3 aliphatic rings. The minimum atomic E-state index is 0.634. The van der Waals surface area contributed by atoms with Gasteiger partial charge in [-0.25, -0.2) is 0 Å². The molecule has 0 aliphatic heterocycles. The zero-order valence-electron chi connectivity index (χ0n) is 16.5. The molecular weight excluding hydrogens is 316 g/mol. The Morgan fingerprint density at radius 2 is 0.962 bits per heavy atom. The van der Waals surface area contributed by atoms with Crippen LogP contribution in [-0.4, -0.2) is 6.29 Å². The van der Waals surface area contributed by atoms with Crippen LogP contribution in [0.25, 0.3) is 0 Å². The predicted octanol–water partition coefficient (Wildman–Crippen LogP) is 7.64. The molecular formula is C25H36O. The van der Waals surface area contributed by atoms with Crippen LogP contribution < -0.4 is 0 Å². The van der Waals surface area contributed by atoms with E-state index in [-0.39, 0.29) is 0 Å². The van der Waals surface area contributed by atoms with Gasteiger partial charge in [0.05, 0.1) is 0 Å². The van der Waals surface area contributed by atoms with Crippen molar-refractivity contribution in [3.8, 4) is 0 Å². The lowest BCUT2D eigenvalue weighted by Gasteiger charge is -2.31. The SMILES string of the molecule is O=Cc1c(C2CCCCC2)cc(C2CCCCC2)cc1C1CCCCC1. The Bertz CT molecular complexity index is 560. The van der Waals surface area contributed by atoms with Gasteiger partial charge in [0.25, 0.3) is 0 Å². The summed E-state index contributed by atoms with van der Waals surface area (Å²) in [5, 5.41) is 0. The standard InChI is InChI=1S/C25H36O/c26-18-25-23(20-12-6-2-7-13-20)16-22(19-10-4-1-5-11-19)17-24(25)21-14-8-3-9-15-21/h16-21H,1-15H2. The van der Waals surface area contributed by atoms with Gasteiger partial charge in [0.1, 0.15) is 0 Å². The Hall–Kier alpha value is -1.11. The molecule has 0 heterocycles. The van der Waals surface area contributed by atoms with E-state index >= 15 is 0 Å². The molecule has 3 fully saturated rings. The van der Waals surface area contributed by atoms with E-state index < -0.39 is 0 Å². The highest BCUT2D eigenvalue weighted by Crippen LogP contribution is 2.43. The second-order valence-corrected chi connectivity index (χ2v) is 9.24. The molecule has 142 valence electrons. The molecule has 0 N–H and O–H groups in total. The van der Waals surface area contributed by atoms with Crippen LogP contribution in [0.5, 0.6) is 0 Å². The third-order valence-corrected chi connectivity index (χ3v) is 7.55. The fourth-order valence-corrected chi connectivity index (χ4v) is 6.03. The maximum Gasteiger partial charge on any atom is 0.150 e. The van der Waals surface area contributed by atoms with Gasteiger partial charge in [0, 0.05) is 5.56 Å². The molecule has 0 saturated heterocycles. The molecule has 0 spiro atoms. The van der Waals surface area contributed by atoms with Crippen molar-refractivity contribution in [1.82, 2.24) is 0 Å². The van der Waals surface area contributed by atoms with Gasteiger partial charge in [0.2, 0.25) is 0 Å². The Labute approximate surface area is 160 Å². The van der Waals surface area contributed by atoms with Crippen LogP contribution in [0.4, 0.5) is 0 Å². The van der Waals surface area contributed by atoms with Gasteiger partial charge in [-0.15, -0.1) is 0 Å². The van der Waals surface area contributed by atoms with Gasteiger partial charge in [-0.2, -0.15) is 0 Å². The van der Waals surface area contributed by atoms with E-state index in [0.29, 0.717) is 11.8 Å². The summed E-state index contributed by atoms with van der Waals surface area (Å²) in [4.78, 5) is 12.2. The van der Waals surface area contributed by atoms with E-state index in [0.717, 1.165) is 11.5 Å². The second-order valence-electron chi connectivity index (χ2n) is 9.24. The van der Waals surface area contributed by atoms with Crippen molar-refractivity contribution in [3.05, 3.63) is 34.4 Å². The molecule has 0 amide bonds. The summed E-state index contributed by atoms with van der Waals surface area (Å²) in [5.41, 5.74) is 5.55. The molecule has 0 bridgehead atoms. The highest BCUT2D eigenvalue weighted by atomic mass is 16.1. The van der Waals surface area contributed by atoms with Gasteiger partial charge in [0.15, 0.2) is 6.29 Å². The third kappa shape index (κ3) is 3.92. The van der Waals surface area contributed by atoms with E-state index in [1.165, 1.54) is 114 Å². The fourth-order valence-electron chi connectivity index (χ4n) is 6.03. The summed E-state index contributed by atoms with van der Waals surface area (Å²) in [6.07, 6.45) is 21.4. The highest BCUT2D eigenvalue weighted by Gasteiger charge is 2.27. The molecule has 1 heteroatoms. The van der Waals surface area contributed by atoms with Gasteiger partial charge in [-0.1, -0.05) is 69.9 Å². The van der Waals surface area contributed by atoms with E-state index in [2.05, 4.69) is 12.1 Å². The summed E-state index contributed by atoms with van der Waals surface area (Å²) in [7, 11) is 0. The molecule has 1 nitrogen and oxygen atoms in total. The van der Waals surface area contributed by atoms with Crippen LogP contribution >= 0.6 is 0 Å². The molecule has 3 aliphatic carbocycles. The Kier molecular flexibility index (Phi) is 6.12. The lowest BCUT2D eigenvalue weighted by atomic mass is 9.74. The highest BCUT2D eigenvalue weighted by molar-refractivity contribution is 5.81. The minimum absolute atomic E-state index is 0.634. The quantitative estimate of drug-likeness (QED) is 0.509. The van der Waals surface area contributed by atoms with Gasteiger partial charge < -0.3 is 0 Å². The number of aldehydes is 1. The predicted molar refractivity (Wildman–Crippen MR) is 109 cm³/mol. The van der Waals surface area contributed by atoms with Crippen LogP contribution in [0.1, 0.15) is 141 Å². The number of carbonyl (C=O) groups is 1. The third-order valence-electron chi connectivity index (χ3n) is 7.55. The molecule has 1 aromatic carbocycles. The maximum absolute atomic E-state index is 12.2. The zero-order chi connectivity index (χ0) is 17.8. The lowest BCUT2D eigenvalue weighted by molar-refractivity contribution is 0.112. The van der Waals surface area contributed by atoms with Crippen LogP contribution in [0.15, 0.2) is 12.1 Å². The first-order valence-corrected chi connectivity index (χ1v) is 11.5. The molecule has 0 unspecified atom stereocenters. The van der Waals surface area contributed by atoms with Crippen LogP contribution in [0, 0.1) is 0 Å². The largest absolute Gasteiger partial charge is 0.298 e. The Morgan fingerprint density at radius 3 is 1.35 bits per heavy atom. The first kappa shape index (κ1) is 18.3. The van der Waals surface area contributed by atoms with E-state index in [9.17, 15) is 4.79 Å². The first-order chi connectivity index (χ1) is 12.9. The second kappa shape index (κ2) is 8.72. The molecule has 26 heavy (non-hydrogen) atoms. The van der Waals surface area contributed by atoms with Gasteiger partial charge in [-0.05, 0) is 73.0 Å². The zero-order valence-corrected chi connectivity index (χ0v) is 16.5.